The quantitative estimate of drug-likeness (QED) is 0.825. The number of fused-ring (bicyclic) bond motifs is 1. The number of carbonyl (C=O) groups excluding carboxylic acids is 1. The average Bonchev–Trinajstić information content (AvgIpc) is 3.24. The van der Waals surface area contributed by atoms with Crippen LogP contribution in [-0.2, 0) is 9.84 Å². The van der Waals surface area contributed by atoms with Crippen LogP contribution in [0.3, 0.4) is 0 Å². The molecule has 1 aromatic heterocycles. The van der Waals surface area contributed by atoms with Crippen molar-refractivity contribution in [2.45, 2.75) is 31.3 Å². The highest BCUT2D eigenvalue weighted by Crippen LogP contribution is 2.23. The number of likely N-dealkylation sites (tertiary alicyclic amines) is 1. The van der Waals surface area contributed by atoms with Gasteiger partial charge in [0.15, 0.2) is 9.84 Å². The largest absolute Gasteiger partial charge is 0.497 e. The van der Waals surface area contributed by atoms with Crippen molar-refractivity contribution in [1.29, 1.82) is 0 Å². The Labute approximate surface area is 159 Å². The minimum Gasteiger partial charge on any atom is -0.497 e. The van der Waals surface area contributed by atoms with Crippen LogP contribution in [0, 0.1) is 0 Å². The van der Waals surface area contributed by atoms with E-state index in [0.29, 0.717) is 11.4 Å². The maximum atomic E-state index is 12.6. The number of nitrogens with zero attached hydrogens (tertiary/aromatic N) is 1. The summed E-state index contributed by atoms with van der Waals surface area (Å²) in [6.07, 6.45) is 2.42. The summed E-state index contributed by atoms with van der Waals surface area (Å²) >= 11 is 0. The summed E-state index contributed by atoms with van der Waals surface area (Å²) in [7, 11) is -1.24. The summed E-state index contributed by atoms with van der Waals surface area (Å²) in [5.74, 6) is 1.23. The van der Waals surface area contributed by atoms with Gasteiger partial charge in [0.2, 0.25) is 0 Å². The molecular formula is C19H25N3O4S. The second kappa shape index (κ2) is 7.16. The van der Waals surface area contributed by atoms with E-state index < -0.39 is 9.84 Å². The molecule has 8 heteroatoms. The molecule has 1 aromatic carbocycles. The lowest BCUT2D eigenvalue weighted by molar-refractivity contribution is 0.0894. The average molecular weight is 391 g/mol. The van der Waals surface area contributed by atoms with Crippen LogP contribution in [0.1, 0.15) is 29.8 Å². The molecule has 146 valence electrons. The van der Waals surface area contributed by atoms with E-state index in [4.69, 9.17) is 4.74 Å². The second-order valence-electron chi connectivity index (χ2n) is 7.48. The Morgan fingerprint density at radius 1 is 1.22 bits per heavy atom. The standard InChI is InChI=1S/C19H25N3O4S/c1-26-16-3-2-13-10-18(21-17(13)11-16)19(23)20-14-4-7-22(8-5-14)15-6-9-27(24,25)12-15/h2-3,10-11,14-15,21H,4-9,12H2,1H3,(H,20,23). The Morgan fingerprint density at radius 2 is 2.00 bits per heavy atom. The Kier molecular flexibility index (Phi) is 4.86. The third kappa shape index (κ3) is 3.96. The van der Waals surface area contributed by atoms with Crippen molar-refractivity contribution in [3.63, 3.8) is 0 Å². The zero-order valence-electron chi connectivity index (χ0n) is 15.4. The Hall–Kier alpha value is -2.06. The van der Waals surface area contributed by atoms with Gasteiger partial charge in [0, 0.05) is 42.1 Å². The van der Waals surface area contributed by atoms with Crippen LogP contribution in [0.4, 0.5) is 0 Å². The predicted octanol–water partition coefficient (Wildman–Crippen LogP) is 1.56. The number of rotatable bonds is 4. The van der Waals surface area contributed by atoms with Crippen LogP contribution >= 0.6 is 0 Å². The SMILES string of the molecule is COc1ccc2cc(C(=O)NC3CCN(C4CCS(=O)(=O)C4)CC3)[nH]c2c1. The molecule has 2 aliphatic heterocycles. The molecule has 2 aromatic rings. The molecule has 3 heterocycles. The number of amides is 1. The molecule has 0 aliphatic carbocycles. The number of sulfone groups is 1. The summed E-state index contributed by atoms with van der Waals surface area (Å²) in [5, 5.41) is 4.08. The van der Waals surface area contributed by atoms with Crippen LogP contribution in [-0.4, -0.2) is 68.0 Å². The van der Waals surface area contributed by atoms with Crippen molar-refractivity contribution in [2.24, 2.45) is 0 Å². The Bertz CT molecular complexity index is 945. The van der Waals surface area contributed by atoms with Gasteiger partial charge in [-0.3, -0.25) is 9.69 Å². The summed E-state index contributed by atoms with van der Waals surface area (Å²) in [4.78, 5) is 18.0. The fourth-order valence-corrected chi connectivity index (χ4v) is 5.85. The first kappa shape index (κ1) is 18.3. The molecule has 4 rings (SSSR count). The van der Waals surface area contributed by atoms with Gasteiger partial charge in [0.25, 0.3) is 5.91 Å². The van der Waals surface area contributed by atoms with Gasteiger partial charge in [-0.15, -0.1) is 0 Å². The Balaban J connectivity index is 1.34. The van der Waals surface area contributed by atoms with E-state index in [1.165, 1.54) is 0 Å². The smallest absolute Gasteiger partial charge is 0.267 e. The first-order valence-electron chi connectivity index (χ1n) is 9.35. The molecule has 2 N–H and O–H groups in total. The molecule has 0 spiro atoms. The number of ether oxygens (including phenoxy) is 1. The van der Waals surface area contributed by atoms with Crippen molar-refractivity contribution >= 4 is 26.6 Å². The number of nitrogens with one attached hydrogen (secondary N) is 2. The van der Waals surface area contributed by atoms with E-state index in [2.05, 4.69) is 15.2 Å². The number of aromatic amines is 1. The molecule has 1 unspecified atom stereocenters. The second-order valence-corrected chi connectivity index (χ2v) is 9.71. The van der Waals surface area contributed by atoms with E-state index in [0.717, 1.165) is 49.0 Å². The van der Waals surface area contributed by atoms with Crippen molar-refractivity contribution in [1.82, 2.24) is 15.2 Å². The van der Waals surface area contributed by atoms with E-state index in [-0.39, 0.29) is 23.7 Å². The first-order valence-corrected chi connectivity index (χ1v) is 11.2. The van der Waals surface area contributed by atoms with E-state index in [1.54, 1.807) is 7.11 Å². The summed E-state index contributed by atoms with van der Waals surface area (Å²) in [6.45, 7) is 1.66. The zero-order valence-corrected chi connectivity index (χ0v) is 16.2. The van der Waals surface area contributed by atoms with Crippen LogP contribution in [0.2, 0.25) is 0 Å². The normalized spacial score (nSPS) is 23.5. The molecule has 0 saturated carbocycles. The molecule has 27 heavy (non-hydrogen) atoms. The fourth-order valence-electron chi connectivity index (χ4n) is 4.09. The molecule has 2 saturated heterocycles. The predicted molar refractivity (Wildman–Crippen MR) is 104 cm³/mol. The highest BCUT2D eigenvalue weighted by Gasteiger charge is 2.34. The lowest BCUT2D eigenvalue weighted by Gasteiger charge is -2.35. The Morgan fingerprint density at radius 3 is 2.67 bits per heavy atom. The third-order valence-corrected chi connectivity index (χ3v) is 7.41. The third-order valence-electron chi connectivity index (χ3n) is 5.66. The number of aromatic nitrogens is 1. The van der Waals surface area contributed by atoms with Crippen molar-refractivity contribution in [2.75, 3.05) is 31.7 Å². The van der Waals surface area contributed by atoms with Crippen LogP contribution in [0.5, 0.6) is 5.75 Å². The highest BCUT2D eigenvalue weighted by atomic mass is 32.2. The molecule has 2 aliphatic rings. The van der Waals surface area contributed by atoms with E-state index in [1.807, 2.05) is 24.3 Å². The molecule has 7 nitrogen and oxygen atoms in total. The summed E-state index contributed by atoms with van der Waals surface area (Å²) in [5.41, 5.74) is 1.42. The molecule has 0 radical (unpaired) electrons. The summed E-state index contributed by atoms with van der Waals surface area (Å²) < 4.78 is 28.6. The van der Waals surface area contributed by atoms with Gasteiger partial charge in [-0.25, -0.2) is 8.42 Å². The summed E-state index contributed by atoms with van der Waals surface area (Å²) in [6, 6.07) is 7.79. The van der Waals surface area contributed by atoms with Gasteiger partial charge in [-0.05, 0) is 37.5 Å². The van der Waals surface area contributed by atoms with Gasteiger partial charge in [-0.2, -0.15) is 0 Å². The van der Waals surface area contributed by atoms with Gasteiger partial charge < -0.3 is 15.0 Å². The lowest BCUT2D eigenvalue weighted by atomic mass is 10.0. The van der Waals surface area contributed by atoms with E-state index >= 15 is 0 Å². The number of methoxy groups -OCH3 is 1. The van der Waals surface area contributed by atoms with Gasteiger partial charge >= 0.3 is 0 Å². The van der Waals surface area contributed by atoms with Gasteiger partial charge in [-0.1, -0.05) is 0 Å². The van der Waals surface area contributed by atoms with Crippen molar-refractivity contribution < 1.29 is 17.9 Å². The number of hydrogen-bond donors (Lipinski definition) is 2. The number of carbonyl (C=O) groups is 1. The molecular weight excluding hydrogens is 366 g/mol. The molecule has 0 bridgehead atoms. The van der Waals surface area contributed by atoms with Crippen molar-refractivity contribution in [3.05, 3.63) is 30.0 Å². The van der Waals surface area contributed by atoms with Gasteiger partial charge in [0.1, 0.15) is 11.4 Å². The molecule has 1 atom stereocenters. The van der Waals surface area contributed by atoms with E-state index in [9.17, 15) is 13.2 Å². The van der Waals surface area contributed by atoms with Gasteiger partial charge in [0.05, 0.1) is 18.6 Å². The molecule has 1 amide bonds. The maximum absolute atomic E-state index is 12.6. The van der Waals surface area contributed by atoms with Crippen LogP contribution in [0.25, 0.3) is 10.9 Å². The number of benzene rings is 1. The number of piperidine rings is 1. The minimum absolute atomic E-state index is 0.105. The number of H-pyrrole nitrogens is 1. The molecule has 2 fully saturated rings. The fraction of sp³-hybridized carbons (Fsp3) is 0.526. The van der Waals surface area contributed by atoms with Crippen LogP contribution in [0.15, 0.2) is 24.3 Å². The lowest BCUT2D eigenvalue weighted by Crippen LogP contribution is -2.48. The minimum atomic E-state index is -2.86. The first-order chi connectivity index (χ1) is 12.9. The van der Waals surface area contributed by atoms with Crippen molar-refractivity contribution in [3.8, 4) is 5.75 Å². The zero-order chi connectivity index (χ0) is 19.0. The maximum Gasteiger partial charge on any atom is 0.267 e. The highest BCUT2D eigenvalue weighted by molar-refractivity contribution is 7.91. The van der Waals surface area contributed by atoms with Crippen LogP contribution < -0.4 is 10.1 Å². The number of hydrogen-bond acceptors (Lipinski definition) is 5. The monoisotopic (exact) mass is 391 g/mol. The topological polar surface area (TPSA) is 91.5 Å².